The number of hydrogen-bond acceptors (Lipinski definition) is 2. The topological polar surface area (TPSA) is 56.9 Å². The second-order valence-corrected chi connectivity index (χ2v) is 5.33. The molecule has 4 rings (SSSR count). The number of benzene rings is 2. The van der Waals surface area contributed by atoms with Gasteiger partial charge in [-0.1, -0.05) is 18.2 Å². The Kier molecular flexibility index (Phi) is 2.67. The first kappa shape index (κ1) is 12.0. The van der Waals surface area contributed by atoms with Gasteiger partial charge in [-0.25, -0.2) is 0 Å². The summed E-state index contributed by atoms with van der Waals surface area (Å²) in [6, 6.07) is 15.7. The lowest BCUT2D eigenvalue weighted by Gasteiger charge is -2.12. The number of anilines is 2. The van der Waals surface area contributed by atoms with E-state index in [1.54, 1.807) is 0 Å². The molecule has 0 saturated heterocycles. The molecule has 3 N–H and O–H groups in total. The van der Waals surface area contributed by atoms with Crippen molar-refractivity contribution in [3.8, 4) is 0 Å². The van der Waals surface area contributed by atoms with Crippen molar-refractivity contribution in [1.82, 2.24) is 4.98 Å². The minimum Gasteiger partial charge on any atom is -0.373 e. The monoisotopic (exact) mass is 277 g/mol. The molecule has 3 aromatic rings. The quantitative estimate of drug-likeness (QED) is 0.674. The van der Waals surface area contributed by atoms with Crippen LogP contribution >= 0.6 is 0 Å². The summed E-state index contributed by atoms with van der Waals surface area (Å²) in [6.45, 7) is 0. The molecule has 1 aliphatic rings. The molecule has 1 amide bonds. The summed E-state index contributed by atoms with van der Waals surface area (Å²) in [6.07, 6.45) is 2.62. The first-order valence-corrected chi connectivity index (χ1v) is 7.02. The highest BCUT2D eigenvalue weighted by atomic mass is 16.2. The molecule has 0 spiro atoms. The molecule has 0 unspecified atom stereocenters. The van der Waals surface area contributed by atoms with Crippen molar-refractivity contribution in [2.45, 2.75) is 12.5 Å². The van der Waals surface area contributed by atoms with E-state index in [0.717, 1.165) is 28.7 Å². The molecule has 0 bridgehead atoms. The molecule has 2 aromatic carbocycles. The molecule has 0 saturated carbocycles. The summed E-state index contributed by atoms with van der Waals surface area (Å²) >= 11 is 0. The minimum absolute atomic E-state index is 0.00101. The molecule has 4 heteroatoms. The van der Waals surface area contributed by atoms with Gasteiger partial charge in [-0.15, -0.1) is 0 Å². The van der Waals surface area contributed by atoms with Crippen LogP contribution in [0, 0.1) is 0 Å². The van der Waals surface area contributed by atoms with E-state index in [4.69, 9.17) is 0 Å². The van der Waals surface area contributed by atoms with Gasteiger partial charge < -0.3 is 15.6 Å². The molecule has 1 aliphatic heterocycles. The molecule has 0 fully saturated rings. The largest absolute Gasteiger partial charge is 0.373 e. The molecule has 4 nitrogen and oxygen atoms in total. The Morgan fingerprint density at radius 3 is 2.95 bits per heavy atom. The van der Waals surface area contributed by atoms with Crippen LogP contribution in [0.2, 0.25) is 0 Å². The first-order valence-electron chi connectivity index (χ1n) is 7.02. The zero-order valence-electron chi connectivity index (χ0n) is 11.4. The fourth-order valence-electron chi connectivity index (χ4n) is 2.82. The van der Waals surface area contributed by atoms with E-state index in [0.29, 0.717) is 0 Å². The maximum absolute atomic E-state index is 12.4. The number of aromatic amines is 1. The van der Waals surface area contributed by atoms with Crippen molar-refractivity contribution in [2.24, 2.45) is 0 Å². The number of amides is 1. The van der Waals surface area contributed by atoms with Gasteiger partial charge in [0, 0.05) is 34.9 Å². The maximum atomic E-state index is 12.4. The van der Waals surface area contributed by atoms with Gasteiger partial charge in [0.1, 0.15) is 6.04 Å². The van der Waals surface area contributed by atoms with E-state index < -0.39 is 0 Å². The Bertz CT molecular complexity index is 797. The van der Waals surface area contributed by atoms with Crippen molar-refractivity contribution < 1.29 is 4.79 Å². The van der Waals surface area contributed by atoms with Gasteiger partial charge in [-0.3, -0.25) is 4.79 Å². The number of H-pyrrole nitrogens is 1. The smallest absolute Gasteiger partial charge is 0.247 e. The number of aromatic nitrogens is 1. The second kappa shape index (κ2) is 4.66. The third-order valence-electron chi connectivity index (χ3n) is 3.91. The van der Waals surface area contributed by atoms with Gasteiger partial charge in [0.15, 0.2) is 0 Å². The summed E-state index contributed by atoms with van der Waals surface area (Å²) in [7, 11) is 0. The molecule has 2 heterocycles. The SMILES string of the molecule is O=C(Nc1ccc2[nH]ccc2c1)[C@@H]1Cc2ccccc2N1. The van der Waals surface area contributed by atoms with Crippen molar-refractivity contribution in [3.63, 3.8) is 0 Å². The normalized spacial score (nSPS) is 16.5. The van der Waals surface area contributed by atoms with Crippen LogP contribution in [0.5, 0.6) is 0 Å². The third kappa shape index (κ3) is 2.14. The predicted molar refractivity (Wildman–Crippen MR) is 84.5 cm³/mol. The minimum atomic E-state index is -0.204. The second-order valence-electron chi connectivity index (χ2n) is 5.33. The number of fused-ring (bicyclic) bond motifs is 2. The number of para-hydroxylation sites is 1. The van der Waals surface area contributed by atoms with Crippen LogP contribution < -0.4 is 10.6 Å². The molecule has 1 aromatic heterocycles. The Balaban J connectivity index is 1.51. The van der Waals surface area contributed by atoms with Gasteiger partial charge in [0.05, 0.1) is 0 Å². The van der Waals surface area contributed by atoms with Crippen LogP contribution in [0.25, 0.3) is 10.9 Å². The number of rotatable bonds is 2. The Morgan fingerprint density at radius 1 is 1.14 bits per heavy atom. The Labute approximate surface area is 122 Å². The number of hydrogen-bond donors (Lipinski definition) is 3. The molecular formula is C17H15N3O. The highest BCUT2D eigenvalue weighted by Crippen LogP contribution is 2.26. The van der Waals surface area contributed by atoms with Gasteiger partial charge in [0.25, 0.3) is 0 Å². The molecule has 1 atom stereocenters. The van der Waals surface area contributed by atoms with Crippen molar-refractivity contribution in [1.29, 1.82) is 0 Å². The van der Waals surface area contributed by atoms with Gasteiger partial charge in [0.2, 0.25) is 5.91 Å². The third-order valence-corrected chi connectivity index (χ3v) is 3.91. The van der Waals surface area contributed by atoms with Crippen molar-refractivity contribution in [3.05, 3.63) is 60.3 Å². The molecule has 104 valence electrons. The van der Waals surface area contributed by atoms with Gasteiger partial charge >= 0.3 is 0 Å². The zero-order valence-corrected chi connectivity index (χ0v) is 11.4. The molecular weight excluding hydrogens is 262 g/mol. The Morgan fingerprint density at radius 2 is 2.05 bits per heavy atom. The maximum Gasteiger partial charge on any atom is 0.247 e. The first-order chi connectivity index (χ1) is 10.3. The zero-order chi connectivity index (χ0) is 14.2. The fourth-order valence-corrected chi connectivity index (χ4v) is 2.82. The van der Waals surface area contributed by atoms with E-state index in [-0.39, 0.29) is 11.9 Å². The number of carbonyl (C=O) groups is 1. The van der Waals surface area contributed by atoms with E-state index >= 15 is 0 Å². The molecule has 21 heavy (non-hydrogen) atoms. The number of nitrogens with one attached hydrogen (secondary N) is 3. The van der Waals surface area contributed by atoms with Gasteiger partial charge in [-0.05, 0) is 35.9 Å². The summed E-state index contributed by atoms with van der Waals surface area (Å²) in [5, 5.41) is 7.35. The van der Waals surface area contributed by atoms with E-state index in [1.165, 1.54) is 5.56 Å². The van der Waals surface area contributed by atoms with Crippen LogP contribution in [0.1, 0.15) is 5.56 Å². The predicted octanol–water partition coefficient (Wildman–Crippen LogP) is 3.14. The highest BCUT2D eigenvalue weighted by Gasteiger charge is 2.26. The highest BCUT2D eigenvalue weighted by molar-refractivity contribution is 5.99. The van der Waals surface area contributed by atoms with Crippen LogP contribution in [-0.2, 0) is 11.2 Å². The lowest BCUT2D eigenvalue weighted by atomic mass is 10.1. The lowest BCUT2D eigenvalue weighted by molar-refractivity contribution is -0.116. The van der Waals surface area contributed by atoms with Crippen molar-refractivity contribution >= 4 is 28.2 Å². The van der Waals surface area contributed by atoms with E-state index in [1.807, 2.05) is 48.7 Å². The lowest BCUT2D eigenvalue weighted by Crippen LogP contribution is -2.32. The average Bonchev–Trinajstić information content (AvgIpc) is 3.13. The van der Waals surface area contributed by atoms with Crippen LogP contribution in [-0.4, -0.2) is 16.9 Å². The van der Waals surface area contributed by atoms with Crippen LogP contribution in [0.3, 0.4) is 0 Å². The standard InChI is InChI=1S/C17H15N3O/c21-17(16-10-11-3-1-2-4-15(11)20-16)19-13-5-6-14-12(9-13)7-8-18-14/h1-9,16,18,20H,10H2,(H,19,21)/t16-/m0/s1. The van der Waals surface area contributed by atoms with E-state index in [2.05, 4.69) is 21.7 Å². The van der Waals surface area contributed by atoms with E-state index in [9.17, 15) is 4.79 Å². The molecule has 0 aliphatic carbocycles. The molecule has 0 radical (unpaired) electrons. The van der Waals surface area contributed by atoms with Crippen molar-refractivity contribution in [2.75, 3.05) is 10.6 Å². The number of carbonyl (C=O) groups excluding carboxylic acids is 1. The average molecular weight is 277 g/mol. The van der Waals surface area contributed by atoms with Crippen LogP contribution in [0.15, 0.2) is 54.7 Å². The summed E-state index contributed by atoms with van der Waals surface area (Å²) in [4.78, 5) is 15.5. The Hall–Kier alpha value is -2.75. The summed E-state index contributed by atoms with van der Waals surface area (Å²) in [5.41, 5.74) is 4.14. The fraction of sp³-hybridized carbons (Fsp3) is 0.118. The van der Waals surface area contributed by atoms with Gasteiger partial charge in [-0.2, -0.15) is 0 Å². The summed E-state index contributed by atoms with van der Waals surface area (Å²) in [5.74, 6) is 0.00101. The van der Waals surface area contributed by atoms with Crippen LogP contribution in [0.4, 0.5) is 11.4 Å². The summed E-state index contributed by atoms with van der Waals surface area (Å²) < 4.78 is 0.